The first kappa shape index (κ1) is 109. The molecule has 20 rings (SSSR count). The van der Waals surface area contributed by atoms with E-state index in [1.54, 1.807) is 25.3 Å². The van der Waals surface area contributed by atoms with Crippen LogP contribution in [0, 0.1) is 42.3 Å². The monoisotopic (exact) mass is 2020 g/mol. The summed E-state index contributed by atoms with van der Waals surface area (Å²) in [5.41, 5.74) is 32.1. The molecule has 0 bridgehead atoms. The lowest BCUT2D eigenvalue weighted by molar-refractivity contribution is 0.101. The number of rotatable bonds is 22. The molecular formula is C123H148F3N15O8. The van der Waals surface area contributed by atoms with Gasteiger partial charge in [0.25, 0.3) is 29.5 Å². The summed E-state index contributed by atoms with van der Waals surface area (Å²) in [6, 6.07) is 56.8. The molecule has 784 valence electrons. The molecule has 0 aromatic heterocycles. The summed E-state index contributed by atoms with van der Waals surface area (Å²) in [6.07, 6.45) is 34.3. The largest absolute Gasteiger partial charge is 0.493 e. The van der Waals surface area contributed by atoms with E-state index >= 15 is 0 Å². The van der Waals surface area contributed by atoms with Crippen LogP contribution in [0.4, 0.5) is 103 Å². The molecule has 5 fully saturated rings. The molecule has 10 aromatic rings. The number of halogens is 3. The van der Waals surface area contributed by atoms with Gasteiger partial charge in [0.1, 0.15) is 5.82 Å². The number of hydrogen-bond donors (Lipinski definition) is 5. The highest BCUT2D eigenvalue weighted by molar-refractivity contribution is 6.13. The molecule has 0 saturated heterocycles. The van der Waals surface area contributed by atoms with Gasteiger partial charge in [0.2, 0.25) is 0 Å². The quantitative estimate of drug-likeness (QED) is 0.0396. The van der Waals surface area contributed by atoms with E-state index in [1.807, 2.05) is 190 Å². The van der Waals surface area contributed by atoms with Crippen molar-refractivity contribution in [3.8, 4) is 11.5 Å². The van der Waals surface area contributed by atoms with Gasteiger partial charge in [0, 0.05) is 153 Å². The van der Waals surface area contributed by atoms with Crippen LogP contribution in [0.15, 0.2) is 207 Å². The number of carbonyl (C=O) groups excluding carboxylic acids is 6. The second-order valence-corrected chi connectivity index (χ2v) is 43.1. The number of hydrogen-bond acceptors (Lipinski definition) is 18. The Bertz CT molecular complexity index is 6470. The molecule has 23 nitrogen and oxygen atoms in total. The van der Waals surface area contributed by atoms with Crippen molar-refractivity contribution < 1.29 is 51.4 Å². The molecule has 149 heavy (non-hydrogen) atoms. The number of benzene rings is 10. The smallest absolute Gasteiger partial charge is 0.483 e. The third-order valence-corrected chi connectivity index (χ3v) is 30.3. The summed E-state index contributed by atoms with van der Waals surface area (Å²) in [5.74, 6) is 2.94. The fraction of sp³-hybridized carbons (Fsp3) is 0.423. The van der Waals surface area contributed by atoms with Gasteiger partial charge in [-0.15, -0.1) is 8.78 Å². The number of fused-ring (bicyclic) bond motifs is 5. The Morgan fingerprint density at radius 1 is 0.309 bits per heavy atom. The number of nitrogens with one attached hydrogen (secondary N) is 5. The number of methoxy groups -OCH3 is 2. The van der Waals surface area contributed by atoms with Crippen LogP contribution in [0.3, 0.4) is 0 Å². The maximum atomic E-state index is 13.1. The zero-order chi connectivity index (χ0) is 106. The van der Waals surface area contributed by atoms with Gasteiger partial charge in [0.05, 0.1) is 105 Å². The van der Waals surface area contributed by atoms with Crippen LogP contribution in [-0.2, 0) is 37.5 Å². The molecule has 5 aliphatic carbocycles. The molecule has 0 atom stereocenters. The van der Waals surface area contributed by atoms with Gasteiger partial charge in [-0.3, -0.25) is 48.9 Å². The van der Waals surface area contributed by atoms with Crippen LogP contribution < -0.4 is 60.6 Å². The van der Waals surface area contributed by atoms with Crippen molar-refractivity contribution in [3.05, 3.63) is 255 Å². The number of anilines is 10. The molecule has 0 radical (unpaired) electrons. The number of aliphatic imine (C=N–C) groups is 5. The average Bonchev–Trinajstić information content (AvgIpc) is 1.66. The van der Waals surface area contributed by atoms with E-state index in [1.165, 1.54) is 254 Å². The van der Waals surface area contributed by atoms with Crippen LogP contribution in [-0.4, -0.2) is 149 Å². The Hall–Kier alpha value is -14.0. The van der Waals surface area contributed by atoms with Crippen LogP contribution in [0.2, 0.25) is 0 Å². The lowest BCUT2D eigenvalue weighted by Crippen LogP contribution is -2.18. The Balaban J connectivity index is 0.000000138. The number of para-hydroxylation sites is 1. The molecule has 26 heteroatoms. The molecule has 0 unspecified atom stereocenters. The molecule has 5 N–H and O–H groups in total. The van der Waals surface area contributed by atoms with Gasteiger partial charge >= 0.3 is 6.29 Å². The maximum absolute atomic E-state index is 13.1. The normalized spacial score (nSPS) is 16.1. The zero-order valence-electron chi connectivity index (χ0n) is 89.8. The summed E-state index contributed by atoms with van der Waals surface area (Å²) >= 11 is 0. The van der Waals surface area contributed by atoms with Gasteiger partial charge in [-0.05, 0) is 273 Å². The first-order chi connectivity index (χ1) is 71.6. The highest BCUT2D eigenvalue weighted by Gasteiger charge is 2.35. The minimum atomic E-state index is -2.83. The van der Waals surface area contributed by atoms with Gasteiger partial charge in [-0.1, -0.05) is 171 Å². The topological polar surface area (TPSA) is 259 Å². The molecule has 5 saturated carbocycles. The molecule has 10 aliphatic rings. The summed E-state index contributed by atoms with van der Waals surface area (Å²) in [4.78, 5) is 107. The predicted octanol–water partition coefficient (Wildman–Crippen LogP) is 28.9. The van der Waals surface area contributed by atoms with E-state index in [0.717, 1.165) is 123 Å². The second kappa shape index (κ2) is 50.3. The van der Waals surface area contributed by atoms with Gasteiger partial charge in [0.15, 0.2) is 11.5 Å². The maximum Gasteiger partial charge on any atom is 0.483 e. The fourth-order valence-electron chi connectivity index (χ4n) is 22.0. The minimum Gasteiger partial charge on any atom is -0.493 e. The molecule has 5 heterocycles. The summed E-state index contributed by atoms with van der Waals surface area (Å²) in [6.45, 7) is 8.56. The van der Waals surface area contributed by atoms with E-state index in [0.29, 0.717) is 68.9 Å². The van der Waals surface area contributed by atoms with Crippen molar-refractivity contribution in [1.29, 1.82) is 0 Å². The van der Waals surface area contributed by atoms with Gasteiger partial charge < -0.3 is 60.6 Å². The minimum absolute atomic E-state index is 0.0706. The van der Waals surface area contributed by atoms with Crippen LogP contribution in [0.5, 0.6) is 11.5 Å². The fourth-order valence-corrected chi connectivity index (χ4v) is 22.0. The number of ether oxygens (including phenoxy) is 2. The Morgan fingerprint density at radius 2 is 0.557 bits per heavy atom. The number of nitrogens with zero attached hydrogens (tertiary/aromatic N) is 10. The molecule has 5 amide bonds. The number of carbonyl (C=O) groups is 6. The molecular weight excluding hydrogens is 1870 g/mol. The van der Waals surface area contributed by atoms with E-state index in [9.17, 15) is 37.1 Å². The summed E-state index contributed by atoms with van der Waals surface area (Å²) in [7, 11) is 23.1. The summed E-state index contributed by atoms with van der Waals surface area (Å²) in [5, 5.41) is 15.4. The van der Waals surface area contributed by atoms with Crippen LogP contribution >= 0.6 is 0 Å². The molecule has 5 aliphatic heterocycles. The van der Waals surface area contributed by atoms with Gasteiger partial charge in [-0.2, -0.15) is 0 Å². The Morgan fingerprint density at radius 3 is 0.805 bits per heavy atom. The third kappa shape index (κ3) is 28.1. The van der Waals surface area contributed by atoms with E-state index in [2.05, 4.69) is 98.5 Å². The van der Waals surface area contributed by atoms with Gasteiger partial charge in [-0.25, -0.2) is 9.18 Å². The third-order valence-electron chi connectivity index (χ3n) is 30.3. The average molecular weight is 2020 g/mol. The standard InChI is InChI=1S/C27H35N3O.C25H31N3O3.C24H29N3O.C23H26FN3O.C23H27N3O.CF2O/c1-27(2,3)21-13-11-19(12-14-21)26(31)29-24-17-23-20(16-25(24)30(4)5)15-22(28-23)18-9-7-6-8-10-18;1-28(2)22-14-17-13-19(16-9-6-5-7-10-16)26-20(17)15-21(22)27-25(29)18-11-8-12-23(30-3)24(18)31-4;1-16-9-11-18(12-10-16)24(28)26-22-15-21-19(14-23(22)27(2)3)13-20(25-21)17-7-5-4-6-8-17;1-27(2)22-13-17-12-19(15-6-4-3-5-7-15)25-20(17)14-21(22)26-23(28)16-8-10-18(24)11-9-16;1-26(2)22-14-18-13-19(16-9-5-3-6-10-16)24-20(18)15-21(22)25-23(27)17-11-7-4-8-12-17;2-1(3)4/h11-14,16-18H,6-10,15H2,1-5H3,(H,29,31);8,11-12,14-16H,5-7,9-10,13H2,1-4H3,(H,27,29);9-12,14-15,17H,4-8,13H2,1-3H3,(H,26,28);8-11,13-15H,3-7,12H2,1-2H3,(H,26,28);4,7-8,11-12,14-16H,3,5-6,9-10,13H2,1-2H3,(H,25,27);. The van der Waals surface area contributed by atoms with E-state index < -0.39 is 6.29 Å². The number of aryl methyl sites for hydroxylation is 1. The SMILES string of the molecule is CN(C)c1cc2c(cc1NC(=O)c1ccc(C(C)(C)C)cc1)N=C(C1CCCCC1)C2.CN(C)c1cc2c(cc1NC(=O)c1ccc(F)cc1)N=C(C1CCCCC1)C2.CN(C)c1cc2c(cc1NC(=O)c1ccccc1)N=C(C1CCCCC1)C2.COc1cccc(C(=O)Nc2cc3c(cc2N(C)C)CC(C2CCCCC2)=N3)c1OC.Cc1ccc(C(=O)Nc2cc3c(cc2N(C)C)CC(C2CCCCC2)=N3)cc1.O=C(F)F. The summed E-state index contributed by atoms with van der Waals surface area (Å²) < 4.78 is 43.3. The molecule has 10 aromatic carbocycles. The van der Waals surface area contributed by atoms with Crippen LogP contribution in [0.1, 0.15) is 272 Å². The highest BCUT2D eigenvalue weighted by atomic mass is 19.3. The highest BCUT2D eigenvalue weighted by Crippen LogP contribution is 2.48. The van der Waals surface area contributed by atoms with Crippen molar-refractivity contribution in [2.45, 2.75) is 226 Å². The van der Waals surface area contributed by atoms with Crippen molar-refractivity contribution in [1.82, 2.24) is 0 Å². The predicted molar refractivity (Wildman–Crippen MR) is 607 cm³/mol. The van der Waals surface area contributed by atoms with Crippen molar-refractivity contribution in [2.24, 2.45) is 54.6 Å². The molecule has 0 spiro atoms. The first-order valence-corrected chi connectivity index (χ1v) is 53.3. The van der Waals surface area contributed by atoms with E-state index in [4.69, 9.17) is 39.2 Å². The zero-order valence-corrected chi connectivity index (χ0v) is 89.8. The Labute approximate surface area is 878 Å². The van der Waals surface area contributed by atoms with Crippen molar-refractivity contribution in [2.75, 3.05) is 136 Å². The van der Waals surface area contributed by atoms with Crippen molar-refractivity contribution in [3.63, 3.8) is 0 Å². The first-order valence-electron chi connectivity index (χ1n) is 53.3. The number of amides is 5. The Kier molecular flexibility index (Phi) is 36.9. The van der Waals surface area contributed by atoms with Crippen molar-refractivity contribution >= 4 is 150 Å². The van der Waals surface area contributed by atoms with Crippen LogP contribution in [0.25, 0.3) is 0 Å². The lowest BCUT2D eigenvalue weighted by Gasteiger charge is -2.21. The van der Waals surface area contributed by atoms with E-state index in [-0.39, 0.29) is 40.8 Å². The lowest BCUT2D eigenvalue weighted by atomic mass is 9.84. The second-order valence-electron chi connectivity index (χ2n) is 43.1.